The summed E-state index contributed by atoms with van der Waals surface area (Å²) in [5, 5.41) is 20.5. The molecule has 144 valence electrons. The second kappa shape index (κ2) is 7.56. The number of phenolic OH excluding ortho intramolecular Hbond substituents is 1. The highest BCUT2D eigenvalue weighted by Gasteiger charge is 2.46. The molecule has 0 radical (unpaired) electrons. The molecule has 0 bridgehead atoms. The third-order valence-corrected chi connectivity index (χ3v) is 5.33. The highest BCUT2D eigenvalue weighted by Crippen LogP contribution is 2.42. The van der Waals surface area contributed by atoms with Crippen LogP contribution in [0.3, 0.4) is 0 Å². The predicted molar refractivity (Wildman–Crippen MR) is 113 cm³/mol. The molecule has 1 amide bonds. The molecule has 4 rings (SSSR count). The Kier molecular flexibility index (Phi) is 4.94. The fourth-order valence-electron chi connectivity index (χ4n) is 3.42. The van der Waals surface area contributed by atoms with Gasteiger partial charge in [-0.3, -0.25) is 14.5 Å². The van der Waals surface area contributed by atoms with Gasteiger partial charge >= 0.3 is 0 Å². The van der Waals surface area contributed by atoms with Crippen molar-refractivity contribution in [1.82, 2.24) is 0 Å². The van der Waals surface area contributed by atoms with E-state index in [2.05, 4.69) is 15.9 Å². The van der Waals surface area contributed by atoms with Crippen molar-refractivity contribution in [3.8, 4) is 5.75 Å². The first-order valence-electron chi connectivity index (χ1n) is 8.88. The van der Waals surface area contributed by atoms with Crippen molar-refractivity contribution < 1.29 is 19.8 Å². The smallest absolute Gasteiger partial charge is 0.300 e. The molecule has 6 heteroatoms. The van der Waals surface area contributed by atoms with Crippen LogP contribution < -0.4 is 4.90 Å². The summed E-state index contributed by atoms with van der Waals surface area (Å²) < 4.78 is 0.853. The number of aromatic hydroxyl groups is 1. The molecule has 1 heterocycles. The zero-order valence-electron chi connectivity index (χ0n) is 15.1. The van der Waals surface area contributed by atoms with Gasteiger partial charge in [-0.15, -0.1) is 0 Å². The first kappa shape index (κ1) is 19.0. The Balaban J connectivity index is 1.94. The largest absolute Gasteiger partial charge is 0.508 e. The van der Waals surface area contributed by atoms with Gasteiger partial charge in [0.1, 0.15) is 11.5 Å². The first-order chi connectivity index (χ1) is 14.0. The number of carbonyl (C=O) groups is 2. The van der Waals surface area contributed by atoms with E-state index in [9.17, 15) is 19.8 Å². The normalized spacial score (nSPS) is 18.2. The average molecular weight is 450 g/mol. The highest BCUT2D eigenvalue weighted by molar-refractivity contribution is 9.10. The standard InChI is InChI=1S/C23H16BrNO4/c24-16-8-6-14(7-9-16)20-19(21(27)15-4-2-1-3-5-15)22(28)23(29)25(20)17-10-12-18(26)13-11-17/h1-13,20,26-27H/b21-19-. The lowest BCUT2D eigenvalue weighted by atomic mass is 9.95. The van der Waals surface area contributed by atoms with Crippen LogP contribution in [0.15, 0.2) is 88.9 Å². The molecule has 0 aliphatic carbocycles. The first-order valence-corrected chi connectivity index (χ1v) is 9.67. The van der Waals surface area contributed by atoms with Crippen molar-refractivity contribution >= 4 is 39.1 Å². The molecule has 1 atom stereocenters. The zero-order chi connectivity index (χ0) is 20.5. The van der Waals surface area contributed by atoms with E-state index in [0.29, 0.717) is 16.8 Å². The van der Waals surface area contributed by atoms with Gasteiger partial charge in [-0.25, -0.2) is 0 Å². The molecule has 0 aromatic heterocycles. The van der Waals surface area contributed by atoms with E-state index in [4.69, 9.17) is 0 Å². The highest BCUT2D eigenvalue weighted by atomic mass is 79.9. The van der Waals surface area contributed by atoms with Crippen LogP contribution in [0, 0.1) is 0 Å². The quantitative estimate of drug-likeness (QED) is 0.342. The van der Waals surface area contributed by atoms with E-state index >= 15 is 0 Å². The van der Waals surface area contributed by atoms with Crippen LogP contribution in [0.25, 0.3) is 5.76 Å². The summed E-state index contributed by atoms with van der Waals surface area (Å²) in [5.41, 5.74) is 1.61. The predicted octanol–water partition coefficient (Wildman–Crippen LogP) is 4.78. The van der Waals surface area contributed by atoms with Crippen molar-refractivity contribution in [3.05, 3.63) is 100 Å². The van der Waals surface area contributed by atoms with E-state index in [1.165, 1.54) is 17.0 Å². The topological polar surface area (TPSA) is 77.8 Å². The van der Waals surface area contributed by atoms with Crippen molar-refractivity contribution in [1.29, 1.82) is 0 Å². The van der Waals surface area contributed by atoms with Gasteiger partial charge in [0.15, 0.2) is 0 Å². The molecule has 1 saturated heterocycles. The molecule has 5 nitrogen and oxygen atoms in total. The molecule has 1 fully saturated rings. The van der Waals surface area contributed by atoms with Gasteiger partial charge in [0, 0.05) is 15.7 Å². The molecule has 1 aliphatic rings. The minimum Gasteiger partial charge on any atom is -0.508 e. The lowest BCUT2D eigenvalue weighted by Crippen LogP contribution is -2.29. The Morgan fingerprint density at radius 1 is 0.862 bits per heavy atom. The minimum absolute atomic E-state index is 0.0246. The molecule has 3 aromatic carbocycles. The van der Waals surface area contributed by atoms with Crippen LogP contribution in [-0.4, -0.2) is 21.9 Å². The molecule has 1 unspecified atom stereocenters. The van der Waals surface area contributed by atoms with Gasteiger partial charge in [0.25, 0.3) is 11.7 Å². The Morgan fingerprint density at radius 2 is 1.48 bits per heavy atom. The van der Waals surface area contributed by atoms with E-state index in [1.807, 2.05) is 12.1 Å². The molecule has 0 saturated carbocycles. The van der Waals surface area contributed by atoms with Crippen molar-refractivity contribution in [2.45, 2.75) is 6.04 Å². The van der Waals surface area contributed by atoms with Crippen LogP contribution >= 0.6 is 15.9 Å². The number of nitrogens with zero attached hydrogens (tertiary/aromatic N) is 1. The molecule has 2 N–H and O–H groups in total. The van der Waals surface area contributed by atoms with Crippen LogP contribution in [0.4, 0.5) is 5.69 Å². The Bertz CT molecular complexity index is 1110. The van der Waals surface area contributed by atoms with Crippen molar-refractivity contribution in [3.63, 3.8) is 0 Å². The number of amides is 1. The van der Waals surface area contributed by atoms with E-state index in [-0.39, 0.29) is 17.1 Å². The fourth-order valence-corrected chi connectivity index (χ4v) is 3.69. The maximum Gasteiger partial charge on any atom is 0.300 e. The monoisotopic (exact) mass is 449 g/mol. The van der Waals surface area contributed by atoms with E-state index in [1.54, 1.807) is 54.6 Å². The van der Waals surface area contributed by atoms with Crippen molar-refractivity contribution in [2.75, 3.05) is 4.90 Å². The number of anilines is 1. The maximum atomic E-state index is 13.0. The third-order valence-electron chi connectivity index (χ3n) is 4.81. The number of aliphatic hydroxyl groups is 1. The lowest BCUT2D eigenvalue weighted by Gasteiger charge is -2.25. The van der Waals surface area contributed by atoms with Gasteiger partial charge < -0.3 is 10.2 Å². The van der Waals surface area contributed by atoms with Gasteiger partial charge in [-0.2, -0.15) is 0 Å². The maximum absolute atomic E-state index is 13.0. The average Bonchev–Trinajstić information content (AvgIpc) is 3.00. The fraction of sp³-hybridized carbons (Fsp3) is 0.0435. The summed E-state index contributed by atoms with van der Waals surface area (Å²) in [6.45, 7) is 0. The summed E-state index contributed by atoms with van der Waals surface area (Å²) in [7, 11) is 0. The summed E-state index contributed by atoms with van der Waals surface area (Å²) in [6.07, 6.45) is 0. The number of halogens is 1. The molecule has 29 heavy (non-hydrogen) atoms. The molecular formula is C23H16BrNO4. The van der Waals surface area contributed by atoms with E-state index in [0.717, 1.165) is 4.47 Å². The second-order valence-electron chi connectivity index (χ2n) is 6.60. The van der Waals surface area contributed by atoms with Crippen LogP contribution in [-0.2, 0) is 9.59 Å². The number of aliphatic hydroxyl groups excluding tert-OH is 1. The third kappa shape index (κ3) is 3.43. The minimum atomic E-state index is -0.798. The summed E-state index contributed by atoms with van der Waals surface area (Å²) >= 11 is 3.39. The molecule has 1 aliphatic heterocycles. The van der Waals surface area contributed by atoms with E-state index < -0.39 is 17.7 Å². The number of carbonyl (C=O) groups excluding carboxylic acids is 2. The summed E-state index contributed by atoms with van der Waals surface area (Å²) in [4.78, 5) is 27.2. The number of rotatable bonds is 3. The number of Topliss-reactive ketones (excluding diaryl/α,β-unsaturated/α-hetero) is 1. The number of ketones is 1. The SMILES string of the molecule is O=C1C(=O)N(c2ccc(O)cc2)C(c2ccc(Br)cc2)/C1=C(/O)c1ccccc1. The van der Waals surface area contributed by atoms with Crippen LogP contribution in [0.5, 0.6) is 5.75 Å². The van der Waals surface area contributed by atoms with Gasteiger partial charge in [0.05, 0.1) is 11.6 Å². The van der Waals surface area contributed by atoms with Crippen LogP contribution in [0.2, 0.25) is 0 Å². The number of hydrogen-bond acceptors (Lipinski definition) is 4. The summed E-state index contributed by atoms with van der Waals surface area (Å²) in [6, 6.07) is 21.1. The van der Waals surface area contributed by atoms with Gasteiger partial charge in [-0.1, -0.05) is 58.4 Å². The molecule has 3 aromatic rings. The molecule has 0 spiro atoms. The number of phenols is 1. The second-order valence-corrected chi connectivity index (χ2v) is 7.52. The number of benzene rings is 3. The van der Waals surface area contributed by atoms with Gasteiger partial charge in [-0.05, 0) is 42.0 Å². The van der Waals surface area contributed by atoms with Gasteiger partial charge in [0.2, 0.25) is 0 Å². The van der Waals surface area contributed by atoms with Crippen LogP contribution in [0.1, 0.15) is 17.2 Å². The molecular weight excluding hydrogens is 434 g/mol. The summed E-state index contributed by atoms with van der Waals surface area (Å²) in [5.74, 6) is -1.67. The Hall–Kier alpha value is -3.38. The number of hydrogen-bond donors (Lipinski definition) is 2. The Morgan fingerprint density at radius 3 is 2.10 bits per heavy atom. The Labute approximate surface area is 175 Å². The van der Waals surface area contributed by atoms with Crippen molar-refractivity contribution in [2.24, 2.45) is 0 Å². The lowest BCUT2D eigenvalue weighted by molar-refractivity contribution is -0.132. The zero-order valence-corrected chi connectivity index (χ0v) is 16.7.